The molecule has 0 amide bonds. The maximum Gasteiger partial charge on any atom is -0.00140 e. The SMILES string of the molecule is Cc1c2ccccc2c2ccc3c4ccc5c6ccccc6c(C)c6ccc(c7ccc1c2c73)c4c65. The van der Waals surface area contributed by atoms with Gasteiger partial charge in [0.2, 0.25) is 0 Å². The molecule has 0 radical (unpaired) electrons. The van der Waals surface area contributed by atoms with Crippen LogP contribution in [0.1, 0.15) is 11.1 Å². The fourth-order valence-electron chi connectivity index (χ4n) is 7.34. The molecule has 0 N–H and O–H groups in total. The molecule has 0 saturated carbocycles. The van der Waals surface area contributed by atoms with Crippen LogP contribution in [0.25, 0.3) is 86.2 Å². The highest BCUT2D eigenvalue weighted by molar-refractivity contribution is 6.42. The number of hydrogen-bond acceptors (Lipinski definition) is 0. The van der Waals surface area contributed by atoms with Gasteiger partial charge in [0.1, 0.15) is 0 Å². The molecular formula is C36H22. The van der Waals surface area contributed by atoms with Gasteiger partial charge in [0.15, 0.2) is 0 Å². The molecule has 0 unspecified atom stereocenters. The molecule has 0 nitrogen and oxygen atoms in total. The number of rotatable bonds is 0. The van der Waals surface area contributed by atoms with Crippen LogP contribution < -0.4 is 0 Å². The summed E-state index contributed by atoms with van der Waals surface area (Å²) in [5, 5.41) is 22.0. The smallest absolute Gasteiger partial charge is 0.00140 e. The van der Waals surface area contributed by atoms with Crippen LogP contribution in [0.3, 0.4) is 0 Å². The first-order valence-corrected chi connectivity index (χ1v) is 12.8. The summed E-state index contributed by atoms with van der Waals surface area (Å²) in [6.45, 7) is 4.56. The van der Waals surface area contributed by atoms with Gasteiger partial charge < -0.3 is 0 Å². The van der Waals surface area contributed by atoms with Crippen molar-refractivity contribution < 1.29 is 0 Å². The van der Waals surface area contributed by atoms with Crippen molar-refractivity contribution in [3.63, 3.8) is 0 Å². The summed E-state index contributed by atoms with van der Waals surface area (Å²) in [7, 11) is 0. The lowest BCUT2D eigenvalue weighted by atomic mass is 9.82. The van der Waals surface area contributed by atoms with E-state index in [1.54, 1.807) is 0 Å². The molecule has 0 aromatic heterocycles. The number of fused-ring (bicyclic) bond motifs is 6. The summed E-state index contributed by atoms with van der Waals surface area (Å²) in [5.41, 5.74) is 2.75. The van der Waals surface area contributed by atoms with Crippen LogP contribution in [0.5, 0.6) is 0 Å². The molecule has 0 aliphatic rings. The van der Waals surface area contributed by atoms with Gasteiger partial charge in [-0.3, -0.25) is 0 Å². The molecule has 0 saturated heterocycles. The van der Waals surface area contributed by atoms with Gasteiger partial charge in [0.05, 0.1) is 0 Å². The van der Waals surface area contributed by atoms with Gasteiger partial charge in [0.25, 0.3) is 0 Å². The van der Waals surface area contributed by atoms with Crippen LogP contribution in [0, 0.1) is 13.8 Å². The Labute approximate surface area is 208 Å². The Morgan fingerprint density at radius 3 is 0.861 bits per heavy atom. The number of benzene rings is 9. The zero-order valence-corrected chi connectivity index (χ0v) is 20.2. The Balaban J connectivity index is 1.61. The first-order valence-electron chi connectivity index (χ1n) is 12.8. The average molecular weight is 455 g/mol. The molecule has 0 spiro atoms. The van der Waals surface area contributed by atoms with Crippen molar-refractivity contribution in [2.45, 2.75) is 13.8 Å². The van der Waals surface area contributed by atoms with Crippen molar-refractivity contribution in [1.82, 2.24) is 0 Å². The second-order valence-electron chi connectivity index (χ2n) is 10.5. The van der Waals surface area contributed by atoms with Gasteiger partial charge >= 0.3 is 0 Å². The van der Waals surface area contributed by atoms with E-state index in [0.717, 1.165) is 0 Å². The van der Waals surface area contributed by atoms with E-state index < -0.39 is 0 Å². The summed E-state index contributed by atoms with van der Waals surface area (Å²) in [4.78, 5) is 0. The third-order valence-electron chi connectivity index (χ3n) is 8.95. The van der Waals surface area contributed by atoms with E-state index in [4.69, 9.17) is 0 Å². The molecule has 0 aliphatic heterocycles. The van der Waals surface area contributed by atoms with E-state index in [2.05, 4.69) is 111 Å². The predicted octanol–water partition coefficient (Wildman–Crippen LogP) is 10.4. The minimum atomic E-state index is 1.35. The van der Waals surface area contributed by atoms with Gasteiger partial charge in [-0.15, -0.1) is 0 Å². The highest BCUT2D eigenvalue weighted by Crippen LogP contribution is 2.48. The fraction of sp³-hybridized carbons (Fsp3) is 0.0556. The van der Waals surface area contributed by atoms with Gasteiger partial charge in [-0.2, -0.15) is 0 Å². The van der Waals surface area contributed by atoms with Crippen molar-refractivity contribution >= 4 is 86.2 Å². The van der Waals surface area contributed by atoms with Crippen molar-refractivity contribution in [1.29, 1.82) is 0 Å². The van der Waals surface area contributed by atoms with Gasteiger partial charge in [-0.05, 0) is 111 Å². The molecule has 9 aromatic rings. The lowest BCUT2D eigenvalue weighted by molar-refractivity contribution is 1.59. The lowest BCUT2D eigenvalue weighted by Crippen LogP contribution is -1.93. The lowest BCUT2D eigenvalue weighted by Gasteiger charge is -2.21. The molecule has 0 fully saturated rings. The highest BCUT2D eigenvalue weighted by Gasteiger charge is 2.20. The molecule has 0 bridgehead atoms. The summed E-state index contributed by atoms with van der Waals surface area (Å²) in [6.07, 6.45) is 0. The van der Waals surface area contributed by atoms with Crippen LogP contribution in [0.2, 0.25) is 0 Å². The normalized spacial score (nSPS) is 12.7. The van der Waals surface area contributed by atoms with Gasteiger partial charge in [-0.1, -0.05) is 97.1 Å². The summed E-state index contributed by atoms with van der Waals surface area (Å²) < 4.78 is 0. The van der Waals surface area contributed by atoms with Crippen LogP contribution in [0.4, 0.5) is 0 Å². The second kappa shape index (κ2) is 6.22. The van der Waals surface area contributed by atoms with Crippen molar-refractivity contribution in [2.24, 2.45) is 0 Å². The minimum Gasteiger partial charge on any atom is -0.0616 e. The van der Waals surface area contributed by atoms with Crippen LogP contribution in [0.15, 0.2) is 97.1 Å². The average Bonchev–Trinajstić information content (AvgIpc) is 2.94. The number of hydrogen-bond donors (Lipinski definition) is 0. The molecule has 9 rings (SSSR count). The van der Waals surface area contributed by atoms with E-state index in [1.165, 1.54) is 97.3 Å². The Kier molecular flexibility index (Phi) is 3.26. The topological polar surface area (TPSA) is 0 Å². The van der Waals surface area contributed by atoms with E-state index in [0.29, 0.717) is 0 Å². The van der Waals surface area contributed by atoms with E-state index in [9.17, 15) is 0 Å². The third-order valence-corrected chi connectivity index (χ3v) is 8.95. The fourth-order valence-corrected chi connectivity index (χ4v) is 7.34. The van der Waals surface area contributed by atoms with Gasteiger partial charge in [-0.25, -0.2) is 0 Å². The first kappa shape index (κ1) is 18.9. The van der Waals surface area contributed by atoms with Gasteiger partial charge in [0, 0.05) is 0 Å². The monoisotopic (exact) mass is 454 g/mol. The summed E-state index contributed by atoms with van der Waals surface area (Å²) in [6, 6.07) is 36.7. The molecular weight excluding hydrogens is 432 g/mol. The van der Waals surface area contributed by atoms with Crippen molar-refractivity contribution in [3.8, 4) is 0 Å². The molecule has 0 atom stereocenters. The van der Waals surface area contributed by atoms with Crippen molar-refractivity contribution in [2.75, 3.05) is 0 Å². The molecule has 0 aliphatic carbocycles. The maximum atomic E-state index is 2.38. The summed E-state index contributed by atoms with van der Waals surface area (Å²) in [5.74, 6) is 0. The molecule has 0 heterocycles. The van der Waals surface area contributed by atoms with Crippen molar-refractivity contribution in [3.05, 3.63) is 108 Å². The summed E-state index contributed by atoms with van der Waals surface area (Å²) >= 11 is 0. The van der Waals surface area contributed by atoms with Crippen LogP contribution in [-0.2, 0) is 0 Å². The van der Waals surface area contributed by atoms with E-state index in [-0.39, 0.29) is 0 Å². The maximum absolute atomic E-state index is 2.38. The Hall–Kier alpha value is -4.42. The molecule has 0 heteroatoms. The largest absolute Gasteiger partial charge is 0.0616 e. The molecule has 36 heavy (non-hydrogen) atoms. The zero-order chi connectivity index (χ0) is 23.7. The predicted molar refractivity (Wildman–Crippen MR) is 158 cm³/mol. The van der Waals surface area contributed by atoms with Crippen LogP contribution >= 0.6 is 0 Å². The Morgan fingerprint density at radius 2 is 0.500 bits per heavy atom. The standard InChI is InChI=1S/C36H22/c1-19-21-7-3-5-9-25(21)27-15-17-31-32-18-16-28-26-10-6-4-8-22(26)20(2)24-12-14-30(36(32)34(24)28)29-13-11-23(19)33(27)35(29)31/h3-18H,1-2H3. The highest BCUT2D eigenvalue weighted by atomic mass is 14.2. The Morgan fingerprint density at radius 1 is 0.250 bits per heavy atom. The van der Waals surface area contributed by atoms with Crippen LogP contribution in [-0.4, -0.2) is 0 Å². The quantitative estimate of drug-likeness (QED) is 0.158. The zero-order valence-electron chi connectivity index (χ0n) is 20.2. The van der Waals surface area contributed by atoms with E-state index in [1.807, 2.05) is 0 Å². The Bertz CT molecular complexity index is 2180. The molecule has 9 aromatic carbocycles. The number of aryl methyl sites for hydroxylation is 2. The molecule has 166 valence electrons. The minimum absolute atomic E-state index is 1.35. The third kappa shape index (κ3) is 2.01. The van der Waals surface area contributed by atoms with E-state index >= 15 is 0 Å². The first-order chi connectivity index (χ1) is 17.7. The second-order valence-corrected chi connectivity index (χ2v) is 10.5.